The number of nitrogens with one attached hydrogen (secondary N) is 1. The van der Waals surface area contributed by atoms with Gasteiger partial charge in [-0.25, -0.2) is 4.98 Å². The average Bonchev–Trinajstić information content (AvgIpc) is 2.31. The molecule has 1 saturated carbocycles. The first-order valence-corrected chi connectivity index (χ1v) is 6.92. The molecule has 0 aliphatic heterocycles. The molecule has 0 atom stereocenters. The number of hydrogen-bond donors (Lipinski definition) is 1. The minimum atomic E-state index is -0.248. The summed E-state index contributed by atoms with van der Waals surface area (Å²) in [4.78, 5) is 16.0. The third-order valence-corrected chi connectivity index (χ3v) is 4.33. The molecule has 0 spiro atoms. The van der Waals surface area contributed by atoms with Gasteiger partial charge in [-0.2, -0.15) is 0 Å². The van der Waals surface area contributed by atoms with E-state index < -0.39 is 0 Å². The Labute approximate surface area is 117 Å². The zero-order chi connectivity index (χ0) is 13.2. The van der Waals surface area contributed by atoms with Gasteiger partial charge in [0.1, 0.15) is 10.8 Å². The zero-order valence-electron chi connectivity index (χ0n) is 10.3. The van der Waals surface area contributed by atoms with Crippen LogP contribution in [0.4, 0.5) is 0 Å². The van der Waals surface area contributed by atoms with Crippen molar-refractivity contribution in [2.75, 3.05) is 6.54 Å². The van der Waals surface area contributed by atoms with Crippen LogP contribution in [0.25, 0.3) is 0 Å². The molecule has 2 rings (SSSR count). The van der Waals surface area contributed by atoms with Crippen molar-refractivity contribution in [3.63, 3.8) is 0 Å². The lowest BCUT2D eigenvalue weighted by atomic mass is 9.67. The SMILES string of the molecule is CCC1(CNC(=O)c2nc(Cl)ccc2Cl)CCC1. The van der Waals surface area contributed by atoms with E-state index in [0.29, 0.717) is 11.6 Å². The molecule has 0 unspecified atom stereocenters. The topological polar surface area (TPSA) is 42.0 Å². The summed E-state index contributed by atoms with van der Waals surface area (Å²) in [6, 6.07) is 3.16. The Morgan fingerprint density at radius 2 is 2.17 bits per heavy atom. The number of aromatic nitrogens is 1. The molecule has 1 heterocycles. The van der Waals surface area contributed by atoms with Crippen LogP contribution in [0.2, 0.25) is 10.2 Å². The molecule has 0 aromatic carbocycles. The minimum Gasteiger partial charge on any atom is -0.350 e. The Kier molecular flexibility index (Phi) is 4.13. The monoisotopic (exact) mass is 286 g/mol. The van der Waals surface area contributed by atoms with Crippen molar-refractivity contribution in [1.82, 2.24) is 10.3 Å². The van der Waals surface area contributed by atoms with Crippen LogP contribution < -0.4 is 5.32 Å². The average molecular weight is 287 g/mol. The highest BCUT2D eigenvalue weighted by molar-refractivity contribution is 6.34. The van der Waals surface area contributed by atoms with Gasteiger partial charge in [0, 0.05) is 6.54 Å². The van der Waals surface area contributed by atoms with Crippen molar-refractivity contribution >= 4 is 29.1 Å². The smallest absolute Gasteiger partial charge is 0.271 e. The van der Waals surface area contributed by atoms with Crippen molar-refractivity contribution in [2.45, 2.75) is 32.6 Å². The third-order valence-electron chi connectivity index (χ3n) is 3.82. The van der Waals surface area contributed by atoms with Gasteiger partial charge in [-0.1, -0.05) is 36.5 Å². The lowest BCUT2D eigenvalue weighted by Gasteiger charge is -2.41. The van der Waals surface area contributed by atoms with Gasteiger partial charge in [0.15, 0.2) is 0 Å². The van der Waals surface area contributed by atoms with Crippen LogP contribution in [-0.2, 0) is 0 Å². The highest BCUT2D eigenvalue weighted by Crippen LogP contribution is 2.43. The lowest BCUT2D eigenvalue weighted by molar-refractivity contribution is 0.0845. The molecule has 1 N–H and O–H groups in total. The Bertz CT molecular complexity index is 453. The molecule has 0 radical (unpaired) electrons. The van der Waals surface area contributed by atoms with Gasteiger partial charge in [0.2, 0.25) is 0 Å². The summed E-state index contributed by atoms with van der Waals surface area (Å²) in [6.45, 7) is 2.85. The van der Waals surface area contributed by atoms with E-state index >= 15 is 0 Å². The minimum absolute atomic E-state index is 0.203. The normalized spacial score (nSPS) is 17.1. The number of carbonyl (C=O) groups excluding carboxylic acids is 1. The van der Waals surface area contributed by atoms with Gasteiger partial charge in [0.05, 0.1) is 5.02 Å². The van der Waals surface area contributed by atoms with Gasteiger partial charge in [-0.05, 0) is 36.8 Å². The lowest BCUT2D eigenvalue weighted by Crippen LogP contribution is -2.41. The van der Waals surface area contributed by atoms with E-state index in [0.717, 1.165) is 6.42 Å². The molecular weight excluding hydrogens is 271 g/mol. The van der Waals surface area contributed by atoms with E-state index in [1.807, 2.05) is 0 Å². The van der Waals surface area contributed by atoms with Crippen molar-refractivity contribution in [3.05, 3.63) is 28.0 Å². The summed E-state index contributed by atoms with van der Waals surface area (Å²) in [5.74, 6) is -0.248. The first-order chi connectivity index (χ1) is 8.56. The molecular formula is C13H16Cl2N2O. The second kappa shape index (κ2) is 5.45. The molecule has 0 bridgehead atoms. The number of nitrogens with zero attached hydrogens (tertiary/aromatic N) is 1. The van der Waals surface area contributed by atoms with Crippen LogP contribution in [0.15, 0.2) is 12.1 Å². The summed E-state index contributed by atoms with van der Waals surface area (Å²) in [5.41, 5.74) is 0.482. The Morgan fingerprint density at radius 3 is 2.72 bits per heavy atom. The summed E-state index contributed by atoms with van der Waals surface area (Å²) in [5, 5.41) is 3.52. The molecule has 1 fully saturated rings. The molecule has 1 aliphatic rings. The number of halogens is 2. The summed E-state index contributed by atoms with van der Waals surface area (Å²) < 4.78 is 0. The van der Waals surface area contributed by atoms with E-state index in [1.54, 1.807) is 12.1 Å². The van der Waals surface area contributed by atoms with Crippen LogP contribution >= 0.6 is 23.2 Å². The van der Waals surface area contributed by atoms with E-state index in [2.05, 4.69) is 17.2 Å². The van der Waals surface area contributed by atoms with Crippen molar-refractivity contribution < 1.29 is 4.79 Å². The van der Waals surface area contributed by atoms with E-state index in [4.69, 9.17) is 23.2 Å². The van der Waals surface area contributed by atoms with E-state index in [-0.39, 0.29) is 22.2 Å². The highest BCUT2D eigenvalue weighted by Gasteiger charge is 2.35. The molecule has 18 heavy (non-hydrogen) atoms. The fraction of sp³-hybridized carbons (Fsp3) is 0.538. The van der Waals surface area contributed by atoms with Gasteiger partial charge < -0.3 is 5.32 Å². The van der Waals surface area contributed by atoms with Crippen molar-refractivity contribution in [2.24, 2.45) is 5.41 Å². The first-order valence-electron chi connectivity index (χ1n) is 6.16. The largest absolute Gasteiger partial charge is 0.350 e. The van der Waals surface area contributed by atoms with Crippen LogP contribution in [0, 0.1) is 5.41 Å². The quantitative estimate of drug-likeness (QED) is 0.858. The van der Waals surface area contributed by atoms with Crippen molar-refractivity contribution in [3.8, 4) is 0 Å². The summed E-state index contributed by atoms with van der Waals surface area (Å²) in [7, 11) is 0. The number of amides is 1. The van der Waals surface area contributed by atoms with E-state index in [1.165, 1.54) is 19.3 Å². The number of hydrogen-bond acceptors (Lipinski definition) is 2. The Balaban J connectivity index is 2.01. The van der Waals surface area contributed by atoms with E-state index in [9.17, 15) is 4.79 Å². The van der Waals surface area contributed by atoms with Crippen LogP contribution in [-0.4, -0.2) is 17.4 Å². The summed E-state index contributed by atoms with van der Waals surface area (Å²) in [6.07, 6.45) is 4.70. The van der Waals surface area contributed by atoms with Crippen LogP contribution in [0.1, 0.15) is 43.1 Å². The van der Waals surface area contributed by atoms with Gasteiger partial charge in [0.25, 0.3) is 5.91 Å². The molecule has 5 heteroatoms. The molecule has 1 aliphatic carbocycles. The molecule has 1 amide bonds. The molecule has 98 valence electrons. The standard InChI is InChI=1S/C13H16Cl2N2O/c1-2-13(6-3-7-13)8-16-12(18)11-9(14)4-5-10(15)17-11/h4-5H,2-3,6-8H2,1H3,(H,16,18). The Hall–Kier alpha value is -0.800. The van der Waals surface area contributed by atoms with Gasteiger partial charge >= 0.3 is 0 Å². The maximum atomic E-state index is 12.0. The molecule has 1 aromatic rings. The third kappa shape index (κ3) is 2.78. The van der Waals surface area contributed by atoms with Crippen molar-refractivity contribution in [1.29, 1.82) is 0 Å². The predicted molar refractivity (Wildman–Crippen MR) is 73.2 cm³/mol. The fourth-order valence-electron chi connectivity index (χ4n) is 2.26. The second-order valence-electron chi connectivity index (χ2n) is 4.85. The molecule has 3 nitrogen and oxygen atoms in total. The maximum absolute atomic E-state index is 12.0. The molecule has 1 aromatic heterocycles. The first kappa shape index (κ1) is 13.6. The maximum Gasteiger partial charge on any atom is 0.271 e. The number of rotatable bonds is 4. The highest BCUT2D eigenvalue weighted by atomic mass is 35.5. The zero-order valence-corrected chi connectivity index (χ0v) is 11.8. The van der Waals surface area contributed by atoms with Crippen LogP contribution in [0.5, 0.6) is 0 Å². The fourth-order valence-corrected chi connectivity index (χ4v) is 2.60. The number of pyridine rings is 1. The predicted octanol–water partition coefficient (Wildman–Crippen LogP) is 3.70. The van der Waals surface area contributed by atoms with Crippen LogP contribution in [0.3, 0.4) is 0 Å². The molecule has 0 saturated heterocycles. The summed E-state index contributed by atoms with van der Waals surface area (Å²) >= 11 is 11.7. The second-order valence-corrected chi connectivity index (χ2v) is 5.65. The number of carbonyl (C=O) groups is 1. The van der Waals surface area contributed by atoms with Gasteiger partial charge in [-0.15, -0.1) is 0 Å². The van der Waals surface area contributed by atoms with Gasteiger partial charge in [-0.3, -0.25) is 4.79 Å². The Morgan fingerprint density at radius 1 is 1.44 bits per heavy atom.